The number of anilines is 1. The van der Waals surface area contributed by atoms with E-state index in [9.17, 15) is 0 Å². The van der Waals surface area contributed by atoms with Crippen LogP contribution in [-0.2, 0) is 9.31 Å². The normalized spacial score (nSPS) is 20.3. The van der Waals surface area contributed by atoms with Crippen LogP contribution in [0.3, 0.4) is 0 Å². The molecule has 1 saturated heterocycles. The van der Waals surface area contributed by atoms with Gasteiger partial charge >= 0.3 is 7.12 Å². The zero-order valence-corrected chi connectivity index (χ0v) is 12.1. The minimum absolute atomic E-state index is 0.416. The first-order valence-corrected chi connectivity index (χ1v) is 6.34. The van der Waals surface area contributed by atoms with Crippen LogP contribution < -0.4 is 11.2 Å². The van der Waals surface area contributed by atoms with Crippen LogP contribution in [-0.4, -0.2) is 18.3 Å². The van der Waals surface area contributed by atoms with Gasteiger partial charge in [0.1, 0.15) is 0 Å². The lowest BCUT2D eigenvalue weighted by Gasteiger charge is -2.32. The summed E-state index contributed by atoms with van der Waals surface area (Å²) in [5.74, 6) is 0. The first-order chi connectivity index (χ1) is 8.68. The number of aryl methyl sites for hydroxylation is 1. The van der Waals surface area contributed by atoms with Crippen LogP contribution >= 0.6 is 0 Å². The van der Waals surface area contributed by atoms with Crippen molar-refractivity contribution in [1.29, 1.82) is 5.26 Å². The van der Waals surface area contributed by atoms with Gasteiger partial charge in [0.25, 0.3) is 0 Å². The summed E-state index contributed by atoms with van der Waals surface area (Å²) in [4.78, 5) is 0. The van der Waals surface area contributed by atoms with Crippen molar-refractivity contribution < 1.29 is 9.31 Å². The maximum Gasteiger partial charge on any atom is 0.497 e. The Morgan fingerprint density at radius 2 is 1.68 bits per heavy atom. The van der Waals surface area contributed by atoms with Gasteiger partial charge in [-0.05, 0) is 52.3 Å². The zero-order chi connectivity index (χ0) is 14.4. The smallest absolute Gasteiger partial charge is 0.399 e. The Labute approximate surface area is 114 Å². The van der Waals surface area contributed by atoms with Crippen molar-refractivity contribution in [1.82, 2.24) is 0 Å². The molecule has 4 nitrogen and oxygen atoms in total. The fraction of sp³-hybridized carbons (Fsp3) is 0.500. The fourth-order valence-electron chi connectivity index (χ4n) is 2.06. The van der Waals surface area contributed by atoms with Crippen LogP contribution in [0.25, 0.3) is 0 Å². The van der Waals surface area contributed by atoms with E-state index in [1.54, 1.807) is 12.1 Å². The summed E-state index contributed by atoms with van der Waals surface area (Å²) >= 11 is 0. The van der Waals surface area contributed by atoms with E-state index < -0.39 is 18.3 Å². The quantitative estimate of drug-likeness (QED) is 0.615. The lowest BCUT2D eigenvalue weighted by Crippen LogP contribution is -2.41. The molecule has 0 bridgehead atoms. The molecular formula is C14H19BN2O2. The molecule has 0 atom stereocenters. The zero-order valence-electron chi connectivity index (χ0n) is 12.1. The molecule has 1 aliphatic rings. The third kappa shape index (κ3) is 2.22. The molecule has 1 heterocycles. The topological polar surface area (TPSA) is 68.3 Å². The predicted octanol–water partition coefficient (Wildman–Crippen LogP) is 1.75. The second kappa shape index (κ2) is 4.26. The third-order valence-corrected chi connectivity index (χ3v) is 4.06. The molecule has 2 N–H and O–H groups in total. The highest BCUT2D eigenvalue weighted by molar-refractivity contribution is 6.64. The number of nitriles is 1. The van der Waals surface area contributed by atoms with E-state index in [2.05, 4.69) is 6.07 Å². The number of nitrogen functional groups attached to an aromatic ring is 1. The lowest BCUT2D eigenvalue weighted by atomic mass is 9.76. The maximum atomic E-state index is 9.05. The molecule has 5 heteroatoms. The minimum atomic E-state index is -0.531. The summed E-state index contributed by atoms with van der Waals surface area (Å²) in [6, 6.07) is 5.64. The number of hydrogen-bond acceptors (Lipinski definition) is 4. The van der Waals surface area contributed by atoms with E-state index in [1.807, 2.05) is 34.6 Å². The van der Waals surface area contributed by atoms with Gasteiger partial charge in [0.2, 0.25) is 0 Å². The number of benzene rings is 1. The van der Waals surface area contributed by atoms with E-state index in [4.69, 9.17) is 20.3 Å². The Hall–Kier alpha value is -1.51. The Morgan fingerprint density at radius 3 is 2.16 bits per heavy atom. The van der Waals surface area contributed by atoms with E-state index in [1.165, 1.54) is 0 Å². The van der Waals surface area contributed by atoms with Crippen molar-refractivity contribution in [3.05, 3.63) is 23.3 Å². The van der Waals surface area contributed by atoms with Crippen LogP contribution in [0.5, 0.6) is 0 Å². The first-order valence-electron chi connectivity index (χ1n) is 6.34. The molecule has 0 unspecified atom stereocenters. The van der Waals surface area contributed by atoms with Crippen molar-refractivity contribution in [2.45, 2.75) is 45.8 Å². The summed E-state index contributed by atoms with van der Waals surface area (Å²) in [6.07, 6.45) is 0. The Balaban J connectivity index is 2.45. The van der Waals surface area contributed by atoms with E-state index in [0.29, 0.717) is 11.3 Å². The van der Waals surface area contributed by atoms with Crippen LogP contribution in [0.4, 0.5) is 5.69 Å². The Morgan fingerprint density at radius 1 is 1.16 bits per heavy atom. The largest absolute Gasteiger partial charge is 0.497 e. The average molecular weight is 258 g/mol. The van der Waals surface area contributed by atoms with Crippen LogP contribution in [0.1, 0.15) is 38.8 Å². The Bertz CT molecular complexity index is 545. The van der Waals surface area contributed by atoms with Gasteiger partial charge in [-0.3, -0.25) is 0 Å². The summed E-state index contributed by atoms with van der Waals surface area (Å²) < 4.78 is 11.9. The van der Waals surface area contributed by atoms with Gasteiger partial charge in [0, 0.05) is 11.2 Å². The lowest BCUT2D eigenvalue weighted by molar-refractivity contribution is 0.00578. The molecular weight excluding hydrogens is 239 g/mol. The van der Waals surface area contributed by atoms with Crippen LogP contribution in [0, 0.1) is 18.3 Å². The van der Waals surface area contributed by atoms with Gasteiger partial charge in [-0.2, -0.15) is 5.26 Å². The highest BCUT2D eigenvalue weighted by Crippen LogP contribution is 2.37. The molecule has 1 aliphatic heterocycles. The van der Waals surface area contributed by atoms with Gasteiger partial charge in [0.05, 0.1) is 22.8 Å². The summed E-state index contributed by atoms with van der Waals surface area (Å²) in [6.45, 7) is 9.84. The fourth-order valence-corrected chi connectivity index (χ4v) is 2.06. The number of nitrogens with zero attached hydrogens (tertiary/aromatic N) is 1. The van der Waals surface area contributed by atoms with Crippen LogP contribution in [0.2, 0.25) is 0 Å². The minimum Gasteiger partial charge on any atom is -0.399 e. The van der Waals surface area contributed by atoms with E-state index in [0.717, 1.165) is 11.0 Å². The van der Waals surface area contributed by atoms with Crippen LogP contribution in [0.15, 0.2) is 12.1 Å². The molecule has 0 aromatic heterocycles. The second-order valence-electron chi connectivity index (χ2n) is 6.00. The molecule has 0 aliphatic carbocycles. The predicted molar refractivity (Wildman–Crippen MR) is 76.0 cm³/mol. The van der Waals surface area contributed by atoms with Gasteiger partial charge in [0.15, 0.2) is 0 Å². The summed E-state index contributed by atoms with van der Waals surface area (Å²) in [5.41, 5.74) is 8.05. The number of rotatable bonds is 1. The third-order valence-electron chi connectivity index (χ3n) is 4.06. The first kappa shape index (κ1) is 13.9. The number of nitrogens with two attached hydrogens (primary N) is 1. The molecule has 0 amide bonds. The van der Waals surface area contributed by atoms with Gasteiger partial charge in [-0.25, -0.2) is 0 Å². The maximum absolute atomic E-state index is 9.05. The highest BCUT2D eigenvalue weighted by Gasteiger charge is 2.52. The van der Waals surface area contributed by atoms with Crippen molar-refractivity contribution in [2.75, 3.05) is 5.73 Å². The standard InChI is InChI=1S/C14H19BN2O2/c1-9-6-10(8-16)7-11(12(9)17)15-18-13(2,3)14(4,5)19-15/h6-7H,17H2,1-5H3. The molecule has 2 rings (SSSR count). The molecule has 19 heavy (non-hydrogen) atoms. The SMILES string of the molecule is Cc1cc(C#N)cc(B2OC(C)(C)C(C)(C)O2)c1N. The van der Waals surface area contributed by atoms with Crippen molar-refractivity contribution in [3.63, 3.8) is 0 Å². The molecule has 0 radical (unpaired) electrons. The van der Waals surface area contributed by atoms with E-state index >= 15 is 0 Å². The molecule has 1 fully saturated rings. The van der Waals surface area contributed by atoms with Gasteiger partial charge < -0.3 is 15.0 Å². The molecule has 1 aromatic rings. The average Bonchev–Trinajstić information content (AvgIpc) is 2.51. The number of hydrogen-bond donors (Lipinski definition) is 1. The Kier molecular flexibility index (Phi) is 3.12. The van der Waals surface area contributed by atoms with Crippen molar-refractivity contribution in [2.24, 2.45) is 0 Å². The highest BCUT2D eigenvalue weighted by atomic mass is 16.7. The van der Waals surface area contributed by atoms with Gasteiger partial charge in [-0.1, -0.05) is 0 Å². The van der Waals surface area contributed by atoms with Crippen molar-refractivity contribution in [3.8, 4) is 6.07 Å². The van der Waals surface area contributed by atoms with Crippen molar-refractivity contribution >= 4 is 18.3 Å². The monoisotopic (exact) mass is 258 g/mol. The summed E-state index contributed by atoms with van der Waals surface area (Å²) in [5, 5.41) is 9.05. The van der Waals surface area contributed by atoms with Gasteiger partial charge in [-0.15, -0.1) is 0 Å². The molecule has 100 valence electrons. The molecule has 0 saturated carbocycles. The second-order valence-corrected chi connectivity index (χ2v) is 6.00. The summed E-state index contributed by atoms with van der Waals surface area (Å²) in [7, 11) is -0.531. The molecule has 1 aromatic carbocycles. The molecule has 0 spiro atoms. The van der Waals surface area contributed by atoms with E-state index in [-0.39, 0.29) is 0 Å².